The molecule has 124 valence electrons. The minimum atomic E-state index is -1.71. The molecule has 0 spiro atoms. The molecule has 0 saturated heterocycles. The molecule has 10 nitrogen and oxygen atoms in total. The summed E-state index contributed by atoms with van der Waals surface area (Å²) in [5.74, 6) is 0. The van der Waals surface area contributed by atoms with E-state index < -0.39 is 29.6 Å². The van der Waals surface area contributed by atoms with Crippen molar-refractivity contribution in [2.75, 3.05) is 0 Å². The summed E-state index contributed by atoms with van der Waals surface area (Å²) in [6.07, 6.45) is -2.67. The van der Waals surface area contributed by atoms with Gasteiger partial charge in [0, 0.05) is 25.9 Å². The molecule has 1 aromatic rings. The van der Waals surface area contributed by atoms with E-state index in [0.717, 1.165) is 4.57 Å². The van der Waals surface area contributed by atoms with Crippen molar-refractivity contribution < 1.29 is 20.4 Å². The number of hydrogen-bond donors (Lipinski definition) is 4. The number of nitrogens with zero attached hydrogens (tertiary/aromatic N) is 3. The minimum absolute atomic E-state index is 0.138. The van der Waals surface area contributed by atoms with Crippen LogP contribution in [0.25, 0.3) is 0 Å². The zero-order valence-corrected chi connectivity index (χ0v) is 11.8. The van der Waals surface area contributed by atoms with E-state index in [0.29, 0.717) is 9.13 Å². The Labute approximate surface area is 124 Å². The molecule has 0 bridgehead atoms. The van der Waals surface area contributed by atoms with Gasteiger partial charge in [0.15, 0.2) is 12.6 Å². The van der Waals surface area contributed by atoms with Crippen molar-refractivity contribution in [1.29, 1.82) is 0 Å². The maximum absolute atomic E-state index is 12.2. The Bertz CT molecular complexity index is 633. The second kappa shape index (κ2) is 7.84. The van der Waals surface area contributed by atoms with Crippen LogP contribution in [0.1, 0.15) is 12.8 Å². The van der Waals surface area contributed by atoms with Crippen LogP contribution in [0.3, 0.4) is 0 Å². The van der Waals surface area contributed by atoms with Crippen LogP contribution >= 0.6 is 0 Å². The molecule has 1 aromatic heterocycles. The lowest BCUT2D eigenvalue weighted by atomic mass is 10.4. The predicted molar refractivity (Wildman–Crippen MR) is 75.1 cm³/mol. The van der Waals surface area contributed by atoms with E-state index in [2.05, 4.69) is 6.58 Å². The van der Waals surface area contributed by atoms with Crippen LogP contribution in [0, 0.1) is 0 Å². The Morgan fingerprint density at radius 2 is 1.18 bits per heavy atom. The molecule has 1 heterocycles. The zero-order valence-electron chi connectivity index (χ0n) is 11.8. The van der Waals surface area contributed by atoms with Gasteiger partial charge in [-0.1, -0.05) is 6.08 Å². The van der Waals surface area contributed by atoms with Crippen LogP contribution in [0.4, 0.5) is 0 Å². The second-order valence-corrected chi connectivity index (χ2v) is 4.59. The van der Waals surface area contributed by atoms with Gasteiger partial charge in [-0.3, -0.25) is 0 Å². The lowest BCUT2D eigenvalue weighted by molar-refractivity contribution is -0.0488. The van der Waals surface area contributed by atoms with E-state index in [9.17, 15) is 14.4 Å². The summed E-state index contributed by atoms with van der Waals surface area (Å²) in [7, 11) is 0. The van der Waals surface area contributed by atoms with Crippen LogP contribution in [0.2, 0.25) is 0 Å². The first kappa shape index (κ1) is 18.0. The molecular weight excluding hydrogens is 298 g/mol. The number of allylic oxidation sites excluding steroid dienone is 1. The van der Waals surface area contributed by atoms with Gasteiger partial charge in [0.1, 0.15) is 0 Å². The fraction of sp³-hybridized carbons (Fsp3) is 0.583. The van der Waals surface area contributed by atoms with Crippen molar-refractivity contribution in [1.82, 2.24) is 13.7 Å². The Morgan fingerprint density at radius 1 is 0.818 bits per heavy atom. The third kappa shape index (κ3) is 4.24. The highest BCUT2D eigenvalue weighted by atomic mass is 16.5. The Hall–Kier alpha value is -2.01. The Balaban J connectivity index is 3.42. The molecule has 10 heteroatoms. The molecule has 0 radical (unpaired) electrons. The molecule has 4 N–H and O–H groups in total. The van der Waals surface area contributed by atoms with Crippen molar-refractivity contribution in [3.05, 3.63) is 44.1 Å². The Kier molecular flexibility index (Phi) is 6.43. The molecule has 0 aliphatic carbocycles. The van der Waals surface area contributed by atoms with Crippen molar-refractivity contribution in [2.45, 2.75) is 45.1 Å². The number of aromatic nitrogens is 3. The monoisotopic (exact) mass is 317 g/mol. The maximum atomic E-state index is 12.2. The molecule has 0 unspecified atom stereocenters. The summed E-state index contributed by atoms with van der Waals surface area (Å²) in [4.78, 5) is 36.4. The van der Waals surface area contributed by atoms with E-state index in [-0.39, 0.29) is 32.5 Å². The van der Waals surface area contributed by atoms with E-state index in [1.54, 1.807) is 0 Å². The number of hydrogen-bond acceptors (Lipinski definition) is 7. The highest BCUT2D eigenvalue weighted by molar-refractivity contribution is 4.82. The molecule has 0 aromatic carbocycles. The van der Waals surface area contributed by atoms with Crippen molar-refractivity contribution >= 4 is 0 Å². The normalized spacial score (nSPS) is 11.4. The summed E-state index contributed by atoms with van der Waals surface area (Å²) in [5, 5.41) is 35.4. The van der Waals surface area contributed by atoms with Gasteiger partial charge >= 0.3 is 17.1 Å². The first-order chi connectivity index (χ1) is 10.3. The van der Waals surface area contributed by atoms with Gasteiger partial charge < -0.3 is 20.4 Å². The molecule has 0 aliphatic rings. The Morgan fingerprint density at radius 3 is 1.50 bits per heavy atom. The van der Waals surface area contributed by atoms with E-state index in [1.165, 1.54) is 6.08 Å². The van der Waals surface area contributed by atoms with Crippen LogP contribution in [-0.2, 0) is 19.6 Å². The van der Waals surface area contributed by atoms with Gasteiger partial charge in [-0.2, -0.15) is 0 Å². The second-order valence-electron chi connectivity index (χ2n) is 4.59. The summed E-state index contributed by atoms with van der Waals surface area (Å²) >= 11 is 0. The first-order valence-electron chi connectivity index (χ1n) is 6.57. The quantitative estimate of drug-likeness (QED) is 0.291. The maximum Gasteiger partial charge on any atom is 0.336 e. The van der Waals surface area contributed by atoms with Crippen LogP contribution in [0.5, 0.6) is 0 Å². The molecule has 0 amide bonds. The molecule has 0 aliphatic heterocycles. The topological polar surface area (TPSA) is 147 Å². The summed E-state index contributed by atoms with van der Waals surface area (Å²) in [5.41, 5.74) is -2.73. The van der Waals surface area contributed by atoms with E-state index >= 15 is 0 Å². The van der Waals surface area contributed by atoms with Gasteiger partial charge in [0.05, 0.1) is 6.54 Å². The van der Waals surface area contributed by atoms with Crippen LogP contribution in [0.15, 0.2) is 27.0 Å². The minimum Gasteiger partial charge on any atom is -0.368 e. The molecule has 0 fully saturated rings. The number of rotatable bonds is 8. The smallest absolute Gasteiger partial charge is 0.336 e. The predicted octanol–water partition coefficient (Wildman–Crippen LogP) is -3.24. The summed E-state index contributed by atoms with van der Waals surface area (Å²) < 4.78 is 2.13. The average Bonchev–Trinajstić information content (AvgIpc) is 2.42. The molecular formula is C12H19N3O7. The lowest BCUT2D eigenvalue weighted by Gasteiger charge is -2.13. The summed E-state index contributed by atoms with van der Waals surface area (Å²) in [6.45, 7) is 2.68. The third-order valence-electron chi connectivity index (χ3n) is 2.92. The van der Waals surface area contributed by atoms with Crippen molar-refractivity contribution in [3.63, 3.8) is 0 Å². The van der Waals surface area contributed by atoms with Gasteiger partial charge in [-0.05, 0) is 0 Å². The SMILES string of the molecule is C=CCn1c(=O)n(CCC(O)O)c(=O)n(CCC(O)O)c1=O. The molecule has 1 rings (SSSR count). The molecule has 0 saturated carbocycles. The fourth-order valence-electron chi connectivity index (χ4n) is 1.84. The number of aliphatic hydroxyl groups excluding tert-OH is 2. The first-order valence-corrected chi connectivity index (χ1v) is 6.57. The van der Waals surface area contributed by atoms with E-state index in [4.69, 9.17) is 20.4 Å². The molecule has 0 atom stereocenters. The zero-order chi connectivity index (χ0) is 16.9. The van der Waals surface area contributed by atoms with Crippen LogP contribution in [-0.4, -0.2) is 46.7 Å². The average molecular weight is 317 g/mol. The van der Waals surface area contributed by atoms with E-state index in [1.807, 2.05) is 0 Å². The van der Waals surface area contributed by atoms with Gasteiger partial charge in [-0.25, -0.2) is 28.1 Å². The van der Waals surface area contributed by atoms with Crippen molar-refractivity contribution in [2.24, 2.45) is 0 Å². The van der Waals surface area contributed by atoms with Gasteiger partial charge in [0.25, 0.3) is 0 Å². The fourth-order valence-corrected chi connectivity index (χ4v) is 1.84. The third-order valence-corrected chi connectivity index (χ3v) is 2.92. The highest BCUT2D eigenvalue weighted by Crippen LogP contribution is 1.90. The molecule has 22 heavy (non-hydrogen) atoms. The van der Waals surface area contributed by atoms with Crippen LogP contribution < -0.4 is 17.1 Å². The van der Waals surface area contributed by atoms with Gasteiger partial charge in [0.2, 0.25) is 0 Å². The standard InChI is InChI=1S/C12H19N3O7/c1-2-5-13-10(20)14(6-3-8(16)17)12(22)15(11(13)21)7-4-9(18)19/h2,8-9,16-19H,1,3-7H2. The lowest BCUT2D eigenvalue weighted by Crippen LogP contribution is -2.54. The largest absolute Gasteiger partial charge is 0.368 e. The van der Waals surface area contributed by atoms with Gasteiger partial charge in [-0.15, -0.1) is 6.58 Å². The highest BCUT2D eigenvalue weighted by Gasteiger charge is 2.15. The number of aliphatic hydroxyl groups is 4. The summed E-state index contributed by atoms with van der Waals surface area (Å²) in [6, 6.07) is 0. The van der Waals surface area contributed by atoms with Crippen molar-refractivity contribution in [3.8, 4) is 0 Å².